The van der Waals surface area contributed by atoms with E-state index in [0.717, 1.165) is 29.1 Å². The average molecular weight is 244 g/mol. The van der Waals surface area contributed by atoms with E-state index in [1.807, 2.05) is 49.2 Å². The number of carbonyl (C=O) groups excluding carboxylic acids is 1. The minimum atomic E-state index is -0.310. The van der Waals surface area contributed by atoms with Crippen LogP contribution in [0.25, 0.3) is 6.08 Å². The number of nitrogens with zero attached hydrogens (tertiary/aromatic N) is 2. The van der Waals surface area contributed by atoms with Crippen LogP contribution in [0.1, 0.15) is 12.5 Å². The summed E-state index contributed by atoms with van der Waals surface area (Å²) >= 11 is 0. The minimum Gasteiger partial charge on any atom is -0.496 e. The van der Waals surface area contributed by atoms with Crippen molar-refractivity contribution in [2.24, 2.45) is 4.99 Å². The molecule has 0 radical (unpaired) electrons. The summed E-state index contributed by atoms with van der Waals surface area (Å²) in [4.78, 5) is 17.4. The highest BCUT2D eigenvalue weighted by molar-refractivity contribution is 5.90. The molecule has 2 rings (SSSR count). The van der Waals surface area contributed by atoms with Gasteiger partial charge in [-0.2, -0.15) is 0 Å². The molecule has 1 atom stereocenters. The van der Waals surface area contributed by atoms with Crippen LogP contribution in [-0.2, 0) is 4.79 Å². The third-order valence-electron chi connectivity index (χ3n) is 3.09. The van der Waals surface area contributed by atoms with Gasteiger partial charge in [0.1, 0.15) is 23.9 Å². The smallest absolute Gasteiger partial charge is 0.148 e. The van der Waals surface area contributed by atoms with Crippen LogP contribution in [0.2, 0.25) is 0 Å². The van der Waals surface area contributed by atoms with Crippen molar-refractivity contribution in [1.82, 2.24) is 4.90 Å². The molecule has 0 saturated carbocycles. The van der Waals surface area contributed by atoms with Crippen LogP contribution < -0.4 is 4.74 Å². The van der Waals surface area contributed by atoms with Gasteiger partial charge in [-0.25, -0.2) is 4.99 Å². The highest BCUT2D eigenvalue weighted by atomic mass is 16.5. The lowest BCUT2D eigenvalue weighted by Crippen LogP contribution is -2.31. The lowest BCUT2D eigenvalue weighted by atomic mass is 10.1. The monoisotopic (exact) mass is 244 g/mol. The number of likely N-dealkylation sites (N-methyl/N-ethyl adjacent to an activating group) is 1. The van der Waals surface area contributed by atoms with E-state index in [9.17, 15) is 4.79 Å². The van der Waals surface area contributed by atoms with Crippen molar-refractivity contribution in [1.29, 1.82) is 0 Å². The summed E-state index contributed by atoms with van der Waals surface area (Å²) < 4.78 is 5.28. The standard InChI is InChI=1S/C14H16N2O2/c1-10-15-12(13(9-17)16(10)2)8-11-6-4-5-7-14(11)18-3/h4-9,13H,1-3H3. The van der Waals surface area contributed by atoms with Gasteiger partial charge in [0.25, 0.3) is 0 Å². The second kappa shape index (κ2) is 5.04. The van der Waals surface area contributed by atoms with Gasteiger partial charge in [0.05, 0.1) is 12.8 Å². The first kappa shape index (κ1) is 12.4. The van der Waals surface area contributed by atoms with Gasteiger partial charge in [-0.1, -0.05) is 18.2 Å². The van der Waals surface area contributed by atoms with Gasteiger partial charge < -0.3 is 14.4 Å². The van der Waals surface area contributed by atoms with Gasteiger partial charge >= 0.3 is 0 Å². The summed E-state index contributed by atoms with van der Waals surface area (Å²) in [6, 6.07) is 7.36. The lowest BCUT2D eigenvalue weighted by molar-refractivity contribution is -0.109. The maximum Gasteiger partial charge on any atom is 0.148 e. The Balaban J connectivity index is 2.41. The number of amidine groups is 1. The van der Waals surface area contributed by atoms with E-state index >= 15 is 0 Å². The Morgan fingerprint density at radius 3 is 2.78 bits per heavy atom. The minimum absolute atomic E-state index is 0.310. The second-order valence-corrected chi connectivity index (χ2v) is 4.16. The maximum atomic E-state index is 11.1. The van der Waals surface area contributed by atoms with E-state index in [4.69, 9.17) is 4.74 Å². The Kier molecular flexibility index (Phi) is 3.46. The number of aliphatic imine (C=N–C) groups is 1. The molecule has 1 unspecified atom stereocenters. The summed E-state index contributed by atoms with van der Waals surface area (Å²) in [5.74, 6) is 1.62. The molecule has 1 heterocycles. The van der Waals surface area contributed by atoms with Gasteiger partial charge in [0.15, 0.2) is 0 Å². The first-order chi connectivity index (χ1) is 8.67. The molecule has 4 nitrogen and oxygen atoms in total. The van der Waals surface area contributed by atoms with E-state index in [2.05, 4.69) is 4.99 Å². The maximum absolute atomic E-state index is 11.1. The molecule has 0 fully saturated rings. The van der Waals surface area contributed by atoms with E-state index < -0.39 is 0 Å². The quantitative estimate of drug-likeness (QED) is 0.763. The number of methoxy groups -OCH3 is 1. The van der Waals surface area contributed by atoms with Crippen molar-refractivity contribution in [3.8, 4) is 5.75 Å². The van der Waals surface area contributed by atoms with Gasteiger partial charge in [0.2, 0.25) is 0 Å². The van der Waals surface area contributed by atoms with E-state index in [0.29, 0.717) is 0 Å². The van der Waals surface area contributed by atoms with Crippen LogP contribution in [-0.4, -0.2) is 37.2 Å². The zero-order valence-corrected chi connectivity index (χ0v) is 10.8. The summed E-state index contributed by atoms with van der Waals surface area (Å²) in [6.07, 6.45) is 2.80. The number of benzene rings is 1. The highest BCUT2D eigenvalue weighted by Gasteiger charge is 2.26. The highest BCUT2D eigenvalue weighted by Crippen LogP contribution is 2.25. The lowest BCUT2D eigenvalue weighted by Gasteiger charge is -2.16. The molecular weight excluding hydrogens is 228 g/mol. The third kappa shape index (κ3) is 2.14. The fourth-order valence-corrected chi connectivity index (χ4v) is 1.96. The van der Waals surface area contributed by atoms with Crippen molar-refractivity contribution >= 4 is 18.2 Å². The first-order valence-corrected chi connectivity index (χ1v) is 5.75. The average Bonchev–Trinajstić information content (AvgIpc) is 2.65. The van der Waals surface area contributed by atoms with Crippen molar-refractivity contribution in [3.63, 3.8) is 0 Å². The van der Waals surface area contributed by atoms with Gasteiger partial charge in [-0.05, 0) is 19.1 Å². The summed E-state index contributed by atoms with van der Waals surface area (Å²) in [7, 11) is 3.49. The van der Waals surface area contributed by atoms with Crippen LogP contribution in [0, 0.1) is 0 Å². The fourth-order valence-electron chi connectivity index (χ4n) is 1.96. The fraction of sp³-hybridized carbons (Fsp3) is 0.286. The number of aldehydes is 1. The molecule has 18 heavy (non-hydrogen) atoms. The van der Waals surface area contributed by atoms with Crippen molar-refractivity contribution in [3.05, 3.63) is 35.5 Å². The van der Waals surface area contributed by atoms with Gasteiger partial charge in [-0.15, -0.1) is 0 Å². The largest absolute Gasteiger partial charge is 0.496 e. The molecule has 94 valence electrons. The Hall–Kier alpha value is -2.10. The number of hydrogen-bond donors (Lipinski definition) is 0. The molecule has 0 amide bonds. The topological polar surface area (TPSA) is 41.9 Å². The Morgan fingerprint density at radius 1 is 1.39 bits per heavy atom. The Bertz CT molecular complexity index is 520. The van der Waals surface area contributed by atoms with Crippen molar-refractivity contribution in [2.45, 2.75) is 13.0 Å². The molecule has 1 aliphatic heterocycles. The molecule has 4 heteroatoms. The number of hydrogen-bond acceptors (Lipinski definition) is 4. The number of carbonyl (C=O) groups is 1. The van der Waals surface area contributed by atoms with Gasteiger partial charge in [0, 0.05) is 12.6 Å². The normalized spacial score (nSPS) is 21.1. The number of para-hydroxylation sites is 1. The summed E-state index contributed by atoms with van der Waals surface area (Å²) in [5, 5.41) is 0. The molecular formula is C14H16N2O2. The van der Waals surface area contributed by atoms with Crippen LogP contribution in [0.3, 0.4) is 0 Å². The molecule has 0 saturated heterocycles. The Labute approximate surface area is 107 Å². The molecule has 1 aromatic rings. The number of ether oxygens (including phenoxy) is 1. The van der Waals surface area contributed by atoms with E-state index in [-0.39, 0.29) is 6.04 Å². The second-order valence-electron chi connectivity index (χ2n) is 4.16. The SMILES string of the molecule is COc1ccccc1C=C1N=C(C)N(C)C1C=O. The first-order valence-electron chi connectivity index (χ1n) is 5.75. The zero-order valence-electron chi connectivity index (χ0n) is 10.8. The predicted molar refractivity (Wildman–Crippen MR) is 71.7 cm³/mol. The number of rotatable bonds is 3. The van der Waals surface area contributed by atoms with Crippen LogP contribution in [0.5, 0.6) is 5.75 Å². The van der Waals surface area contributed by atoms with E-state index in [1.54, 1.807) is 7.11 Å². The third-order valence-corrected chi connectivity index (χ3v) is 3.09. The molecule has 0 aliphatic carbocycles. The van der Waals surface area contributed by atoms with Crippen molar-refractivity contribution in [2.75, 3.05) is 14.2 Å². The van der Waals surface area contributed by atoms with Crippen LogP contribution in [0.4, 0.5) is 0 Å². The van der Waals surface area contributed by atoms with E-state index in [1.165, 1.54) is 0 Å². The molecule has 0 bridgehead atoms. The summed E-state index contributed by atoms with van der Waals surface area (Å²) in [5.41, 5.74) is 1.67. The zero-order chi connectivity index (χ0) is 13.1. The van der Waals surface area contributed by atoms with Gasteiger partial charge in [-0.3, -0.25) is 0 Å². The molecule has 1 aromatic carbocycles. The predicted octanol–water partition coefficient (Wildman–Crippen LogP) is 1.97. The molecule has 0 aromatic heterocycles. The summed E-state index contributed by atoms with van der Waals surface area (Å²) in [6.45, 7) is 1.89. The molecule has 0 N–H and O–H groups in total. The Morgan fingerprint density at radius 2 is 2.11 bits per heavy atom. The van der Waals surface area contributed by atoms with Crippen LogP contribution >= 0.6 is 0 Å². The molecule has 0 spiro atoms. The molecule has 1 aliphatic rings. The van der Waals surface area contributed by atoms with Crippen molar-refractivity contribution < 1.29 is 9.53 Å². The van der Waals surface area contributed by atoms with Crippen LogP contribution in [0.15, 0.2) is 35.0 Å².